The minimum Gasteiger partial charge on any atom is -0.400 e. The quantitative estimate of drug-likeness (QED) is 0.361. The van der Waals surface area contributed by atoms with Crippen molar-refractivity contribution in [1.29, 1.82) is 0 Å². The molecule has 1 saturated heterocycles. The molecule has 0 aromatic carbocycles. The molecule has 0 amide bonds. The average molecular weight is 201 g/mol. The molecule has 0 aromatic heterocycles. The van der Waals surface area contributed by atoms with Gasteiger partial charge in [0.1, 0.15) is 0 Å². The fraction of sp³-hybridized carbons (Fsp3) is 0.833. The van der Waals surface area contributed by atoms with Crippen molar-refractivity contribution in [3.8, 4) is 0 Å². The number of hydrogen-bond donors (Lipinski definition) is 3. The van der Waals surface area contributed by atoms with Crippen LogP contribution in [0.25, 0.3) is 0 Å². The molecule has 1 fully saturated rings. The number of rotatable bonds is 0. The van der Waals surface area contributed by atoms with E-state index in [2.05, 4.69) is 4.74 Å². The Balaban J connectivity index is -0.0000000369. The van der Waals surface area contributed by atoms with Crippen LogP contribution in [0.2, 0.25) is 0 Å². The molecule has 0 aliphatic carbocycles. The number of aliphatic hydroxyl groups excluding tert-OH is 3. The molecule has 0 aromatic rings. The van der Waals surface area contributed by atoms with Crippen LogP contribution in [0.3, 0.4) is 0 Å². The molecule has 0 radical (unpaired) electrons. The Morgan fingerprint density at radius 1 is 1.18 bits per heavy atom. The minimum absolute atomic E-state index is 0. The van der Waals surface area contributed by atoms with Crippen molar-refractivity contribution in [2.24, 2.45) is 0 Å². The van der Waals surface area contributed by atoms with Crippen molar-refractivity contribution in [3.63, 3.8) is 0 Å². The fourth-order valence-corrected chi connectivity index (χ4v) is 0.223. The molecule has 0 saturated carbocycles. The van der Waals surface area contributed by atoms with Gasteiger partial charge < -0.3 is 27.5 Å². The topological polar surface area (TPSA) is 69.9 Å². The van der Waals surface area contributed by atoms with E-state index in [9.17, 15) is 0 Å². The van der Waals surface area contributed by atoms with E-state index in [1.54, 1.807) is 0 Å². The normalized spacial score (nSPS) is 17.7. The van der Waals surface area contributed by atoms with E-state index >= 15 is 0 Å². The van der Waals surface area contributed by atoms with Gasteiger partial charge in [0.25, 0.3) is 0 Å². The van der Waals surface area contributed by atoms with Crippen LogP contribution < -0.4 is 0 Å². The van der Waals surface area contributed by atoms with Crippen LogP contribution in [0.15, 0.2) is 0 Å². The zero-order chi connectivity index (χ0) is 7.70. The molecule has 0 bridgehead atoms. The molecule has 1 heterocycles. The van der Waals surface area contributed by atoms with E-state index in [-0.39, 0.29) is 29.1 Å². The van der Waals surface area contributed by atoms with E-state index in [0.29, 0.717) is 0 Å². The van der Waals surface area contributed by atoms with Crippen LogP contribution in [-0.4, -0.2) is 42.4 Å². The summed E-state index contributed by atoms with van der Waals surface area (Å²) in [7, 11) is 2.00. The maximum atomic E-state index is 8.23. The zero-order valence-corrected chi connectivity index (χ0v) is 8.80. The van der Waals surface area contributed by atoms with Crippen molar-refractivity contribution < 1.29 is 41.8 Å². The molecule has 70 valence electrons. The first kappa shape index (κ1) is 22.6. The fourth-order valence-electron chi connectivity index (χ4n) is 0.223. The largest absolute Gasteiger partial charge is 0.400 e. The van der Waals surface area contributed by atoms with Gasteiger partial charge in [0, 0.05) is 42.4 Å². The zero-order valence-electron chi connectivity index (χ0n) is 7.24. The van der Waals surface area contributed by atoms with Gasteiger partial charge in [0.05, 0.1) is 6.61 Å². The Morgan fingerprint density at radius 2 is 1.36 bits per heavy atom. The summed E-state index contributed by atoms with van der Waals surface area (Å²) >= 11 is 0. The molecule has 1 unspecified atom stereocenters. The Hall–Kier alpha value is 0.554. The molecule has 1 rings (SSSR count). The molecular formula is C6H17O4Ti-. The van der Waals surface area contributed by atoms with Gasteiger partial charge in [-0.05, 0) is 0 Å². The van der Waals surface area contributed by atoms with Crippen LogP contribution in [0.1, 0.15) is 6.42 Å². The third-order valence-corrected chi connectivity index (χ3v) is 0.675. The Labute approximate surface area is 83.1 Å². The van der Waals surface area contributed by atoms with Crippen LogP contribution >= 0.6 is 0 Å². The molecule has 11 heavy (non-hydrogen) atoms. The summed E-state index contributed by atoms with van der Waals surface area (Å²) < 4.78 is 4.49. The van der Waals surface area contributed by atoms with Crippen LogP contribution in [0.4, 0.5) is 0 Å². The van der Waals surface area contributed by atoms with Gasteiger partial charge in [-0.15, -0.1) is 0 Å². The van der Waals surface area contributed by atoms with Gasteiger partial charge in [0.2, 0.25) is 0 Å². The molecule has 5 heteroatoms. The smallest absolute Gasteiger partial charge is 0.156 e. The first-order valence-electron chi connectivity index (χ1n) is 2.59. The van der Waals surface area contributed by atoms with Gasteiger partial charge in [-0.25, -0.2) is 0 Å². The van der Waals surface area contributed by atoms with Crippen LogP contribution in [-0.2, 0) is 26.5 Å². The first-order chi connectivity index (χ1) is 4.39. The van der Waals surface area contributed by atoms with Crippen molar-refractivity contribution in [1.82, 2.24) is 0 Å². The Kier molecular flexibility index (Phi) is 46.0. The predicted molar refractivity (Wildman–Crippen MR) is 39.3 cm³/mol. The first-order valence-corrected chi connectivity index (χ1v) is 2.59. The second-order valence-electron chi connectivity index (χ2n) is 1.11. The number of ether oxygens (including phenoxy) is 1. The maximum absolute atomic E-state index is 8.23. The van der Waals surface area contributed by atoms with Crippen molar-refractivity contribution >= 4 is 0 Å². The van der Waals surface area contributed by atoms with Crippen LogP contribution in [0, 0.1) is 7.43 Å². The van der Waals surface area contributed by atoms with Gasteiger partial charge in [-0.1, -0.05) is 0 Å². The van der Waals surface area contributed by atoms with Crippen molar-refractivity contribution in [2.45, 2.75) is 12.7 Å². The van der Waals surface area contributed by atoms with Crippen molar-refractivity contribution in [2.75, 3.05) is 20.8 Å². The monoisotopic (exact) mass is 201 g/mol. The van der Waals surface area contributed by atoms with E-state index < -0.39 is 6.29 Å². The molecule has 4 nitrogen and oxygen atoms in total. The number of aliphatic hydroxyl groups is 3. The molecule has 3 N–H and O–H groups in total. The Morgan fingerprint density at radius 3 is 1.36 bits per heavy atom. The standard InChI is InChI=1S/C3H6O2.2CH4O.CH3.Ti/c4-3-1-2-5-3;2*1-2;;/h3-4H,1-2H2;2*2H,1H3;1H3;/q;;;-1;. The molecular weight excluding hydrogens is 184 g/mol. The second kappa shape index (κ2) is 22.4. The summed E-state index contributed by atoms with van der Waals surface area (Å²) in [6.07, 6.45) is 0.384. The van der Waals surface area contributed by atoms with E-state index in [1.807, 2.05) is 0 Å². The molecule has 1 aliphatic heterocycles. The van der Waals surface area contributed by atoms with Gasteiger partial charge in [-0.3, -0.25) is 0 Å². The maximum Gasteiger partial charge on any atom is 0.156 e. The van der Waals surface area contributed by atoms with E-state index in [0.717, 1.165) is 27.2 Å². The minimum atomic E-state index is -0.435. The van der Waals surface area contributed by atoms with E-state index in [4.69, 9.17) is 15.3 Å². The molecule has 0 spiro atoms. The second-order valence-corrected chi connectivity index (χ2v) is 1.11. The summed E-state index contributed by atoms with van der Waals surface area (Å²) in [5.41, 5.74) is 0. The Bertz CT molecular complexity index is 41.6. The SMILES string of the molecule is CO.CO.OC1CCO1.[CH3-].[Ti]. The summed E-state index contributed by atoms with van der Waals surface area (Å²) in [5, 5.41) is 22.2. The summed E-state index contributed by atoms with van der Waals surface area (Å²) in [6, 6.07) is 0. The molecule has 1 aliphatic rings. The van der Waals surface area contributed by atoms with Crippen LogP contribution in [0.5, 0.6) is 0 Å². The predicted octanol–water partition coefficient (Wildman–Crippen LogP) is -0.610. The molecule has 1 atom stereocenters. The number of hydrogen-bond acceptors (Lipinski definition) is 4. The summed E-state index contributed by atoms with van der Waals surface area (Å²) in [5.74, 6) is 0. The third-order valence-electron chi connectivity index (χ3n) is 0.675. The third kappa shape index (κ3) is 18.0. The van der Waals surface area contributed by atoms with Crippen molar-refractivity contribution in [3.05, 3.63) is 7.43 Å². The van der Waals surface area contributed by atoms with Gasteiger partial charge in [0.15, 0.2) is 6.29 Å². The summed E-state index contributed by atoms with van der Waals surface area (Å²) in [6.45, 7) is 0.737. The van der Waals surface area contributed by atoms with E-state index in [1.165, 1.54) is 0 Å². The van der Waals surface area contributed by atoms with Gasteiger partial charge in [-0.2, -0.15) is 0 Å². The summed E-state index contributed by atoms with van der Waals surface area (Å²) in [4.78, 5) is 0. The van der Waals surface area contributed by atoms with Gasteiger partial charge >= 0.3 is 0 Å². The average Bonchev–Trinajstić information content (AvgIpc) is 1.93.